The average Bonchev–Trinajstić information content (AvgIpc) is 2.03. The Labute approximate surface area is 63.1 Å². The molecule has 1 heterocycles. The molecule has 1 N–H and O–H groups in total. The molecule has 11 heavy (non-hydrogen) atoms. The topological polar surface area (TPSA) is 63.6 Å². The van der Waals surface area contributed by atoms with Gasteiger partial charge in [-0.3, -0.25) is 9.59 Å². The second kappa shape index (κ2) is 2.04. The standard InChI is InChI=1S/C7H8O4/c8-2-3-1-4-5(3)7(10)11-6(4)9/h3-5,8H,1-2H2/t3-,4+,5-/m1/s1. The van der Waals surface area contributed by atoms with Gasteiger partial charge in [-0.25, -0.2) is 0 Å². The van der Waals surface area contributed by atoms with Crippen LogP contribution < -0.4 is 0 Å². The fourth-order valence-electron chi connectivity index (χ4n) is 1.78. The fourth-order valence-corrected chi connectivity index (χ4v) is 1.78. The molecule has 0 aromatic carbocycles. The second-order valence-electron chi connectivity index (χ2n) is 3.05. The lowest BCUT2D eigenvalue weighted by atomic mass is 9.66. The van der Waals surface area contributed by atoms with E-state index in [4.69, 9.17) is 5.11 Å². The van der Waals surface area contributed by atoms with Crippen LogP contribution in [0, 0.1) is 17.8 Å². The van der Waals surface area contributed by atoms with E-state index in [2.05, 4.69) is 4.74 Å². The molecule has 0 radical (unpaired) electrons. The number of carbonyl (C=O) groups excluding carboxylic acids is 2. The average molecular weight is 156 g/mol. The third kappa shape index (κ3) is 0.728. The van der Waals surface area contributed by atoms with Crippen LogP contribution in [0.3, 0.4) is 0 Å². The van der Waals surface area contributed by atoms with Gasteiger partial charge in [-0.05, 0) is 12.3 Å². The van der Waals surface area contributed by atoms with Crippen molar-refractivity contribution in [3.8, 4) is 0 Å². The lowest BCUT2D eigenvalue weighted by molar-refractivity contribution is -0.153. The molecule has 4 heteroatoms. The van der Waals surface area contributed by atoms with E-state index in [1.807, 2.05) is 0 Å². The van der Waals surface area contributed by atoms with E-state index in [1.165, 1.54) is 0 Å². The lowest BCUT2D eigenvalue weighted by Crippen LogP contribution is -2.40. The number of fused-ring (bicyclic) bond motifs is 1. The van der Waals surface area contributed by atoms with Crippen LogP contribution in [-0.2, 0) is 14.3 Å². The molecule has 60 valence electrons. The monoisotopic (exact) mass is 156 g/mol. The van der Waals surface area contributed by atoms with Crippen molar-refractivity contribution >= 4 is 11.9 Å². The van der Waals surface area contributed by atoms with E-state index in [0.29, 0.717) is 6.42 Å². The third-order valence-corrected chi connectivity index (χ3v) is 2.51. The summed E-state index contributed by atoms with van der Waals surface area (Å²) in [4.78, 5) is 21.6. The molecule has 3 atom stereocenters. The Morgan fingerprint density at radius 2 is 2.18 bits per heavy atom. The summed E-state index contributed by atoms with van der Waals surface area (Å²) in [5.74, 6) is -1.50. The van der Waals surface area contributed by atoms with E-state index in [9.17, 15) is 9.59 Å². The van der Waals surface area contributed by atoms with Crippen LogP contribution in [0.1, 0.15) is 6.42 Å². The zero-order valence-corrected chi connectivity index (χ0v) is 5.82. The molecule has 4 nitrogen and oxygen atoms in total. The number of hydrogen-bond acceptors (Lipinski definition) is 4. The predicted molar refractivity (Wildman–Crippen MR) is 33.3 cm³/mol. The number of carbonyl (C=O) groups is 2. The first-order chi connectivity index (χ1) is 5.24. The number of aliphatic hydroxyl groups excluding tert-OH is 1. The molecule has 1 aliphatic heterocycles. The van der Waals surface area contributed by atoms with Gasteiger partial charge in [0.25, 0.3) is 0 Å². The van der Waals surface area contributed by atoms with E-state index in [0.717, 1.165) is 0 Å². The van der Waals surface area contributed by atoms with Crippen LogP contribution in [0.15, 0.2) is 0 Å². The highest BCUT2D eigenvalue weighted by Crippen LogP contribution is 2.45. The summed E-state index contributed by atoms with van der Waals surface area (Å²) in [5.41, 5.74) is 0. The van der Waals surface area contributed by atoms with Crippen molar-refractivity contribution < 1.29 is 19.4 Å². The second-order valence-corrected chi connectivity index (χ2v) is 3.05. The Morgan fingerprint density at radius 1 is 1.45 bits per heavy atom. The first-order valence-electron chi connectivity index (χ1n) is 3.60. The minimum Gasteiger partial charge on any atom is -0.396 e. The van der Waals surface area contributed by atoms with Crippen molar-refractivity contribution in [2.24, 2.45) is 17.8 Å². The SMILES string of the molecule is O=C1OC(=O)[C@H]2C[C@H](CO)[C@@H]12. The van der Waals surface area contributed by atoms with Crippen LogP contribution in [0.25, 0.3) is 0 Å². The molecular formula is C7H8O4. The summed E-state index contributed by atoms with van der Waals surface area (Å²) < 4.78 is 4.39. The largest absolute Gasteiger partial charge is 0.396 e. The molecule has 0 aromatic heterocycles. The van der Waals surface area contributed by atoms with Crippen molar-refractivity contribution in [1.29, 1.82) is 0 Å². The van der Waals surface area contributed by atoms with Crippen LogP contribution in [0.4, 0.5) is 0 Å². The highest BCUT2D eigenvalue weighted by Gasteiger charge is 2.56. The Morgan fingerprint density at radius 3 is 2.73 bits per heavy atom. The fraction of sp³-hybridized carbons (Fsp3) is 0.714. The third-order valence-electron chi connectivity index (χ3n) is 2.51. The van der Waals surface area contributed by atoms with E-state index in [-0.39, 0.29) is 24.4 Å². The van der Waals surface area contributed by atoms with Crippen molar-refractivity contribution in [2.75, 3.05) is 6.61 Å². The van der Waals surface area contributed by atoms with Crippen LogP contribution in [-0.4, -0.2) is 23.7 Å². The Hall–Kier alpha value is -0.900. The molecule has 0 spiro atoms. The molecule has 1 saturated heterocycles. The summed E-state index contributed by atoms with van der Waals surface area (Å²) in [6.45, 7) is -0.0243. The Bertz CT molecular complexity index is 222. The van der Waals surface area contributed by atoms with Gasteiger partial charge >= 0.3 is 11.9 Å². The minimum absolute atomic E-state index is 0.0243. The van der Waals surface area contributed by atoms with E-state index < -0.39 is 11.9 Å². The number of ether oxygens (including phenoxy) is 1. The molecule has 0 amide bonds. The maximum Gasteiger partial charge on any atom is 0.317 e. The van der Waals surface area contributed by atoms with E-state index >= 15 is 0 Å². The van der Waals surface area contributed by atoms with Gasteiger partial charge in [0.1, 0.15) is 0 Å². The molecule has 2 aliphatic rings. The van der Waals surface area contributed by atoms with Crippen LogP contribution in [0.5, 0.6) is 0 Å². The molecule has 1 saturated carbocycles. The molecule has 1 aliphatic carbocycles. The summed E-state index contributed by atoms with van der Waals surface area (Å²) in [6, 6.07) is 0. The predicted octanol–water partition coefficient (Wildman–Crippen LogP) is -0.686. The first kappa shape index (κ1) is 6.79. The van der Waals surface area contributed by atoms with Crippen LogP contribution >= 0.6 is 0 Å². The number of cyclic esters (lactones) is 2. The van der Waals surface area contributed by atoms with Gasteiger partial charge in [-0.2, -0.15) is 0 Å². The maximum atomic E-state index is 10.9. The summed E-state index contributed by atoms with van der Waals surface area (Å²) >= 11 is 0. The molecule has 0 bridgehead atoms. The highest BCUT2D eigenvalue weighted by atomic mass is 16.6. The smallest absolute Gasteiger partial charge is 0.317 e. The minimum atomic E-state index is -0.453. The van der Waals surface area contributed by atoms with Crippen molar-refractivity contribution in [3.05, 3.63) is 0 Å². The van der Waals surface area contributed by atoms with Crippen LogP contribution in [0.2, 0.25) is 0 Å². The van der Waals surface area contributed by atoms with Gasteiger partial charge in [0.15, 0.2) is 0 Å². The van der Waals surface area contributed by atoms with Crippen molar-refractivity contribution in [1.82, 2.24) is 0 Å². The lowest BCUT2D eigenvalue weighted by Gasteiger charge is -2.33. The van der Waals surface area contributed by atoms with Gasteiger partial charge in [-0.15, -0.1) is 0 Å². The van der Waals surface area contributed by atoms with Gasteiger partial charge in [0, 0.05) is 6.61 Å². The normalized spacial score (nSPS) is 41.4. The number of hydrogen-bond donors (Lipinski definition) is 1. The summed E-state index contributed by atoms with van der Waals surface area (Å²) in [5, 5.41) is 8.72. The molecule has 0 unspecified atom stereocenters. The van der Waals surface area contributed by atoms with Gasteiger partial charge in [0.05, 0.1) is 11.8 Å². The highest BCUT2D eigenvalue weighted by molar-refractivity contribution is 5.98. The maximum absolute atomic E-state index is 10.9. The number of rotatable bonds is 1. The molecule has 2 rings (SSSR count). The van der Waals surface area contributed by atoms with Gasteiger partial charge in [-0.1, -0.05) is 0 Å². The first-order valence-corrected chi connectivity index (χ1v) is 3.60. The number of aliphatic hydroxyl groups is 1. The summed E-state index contributed by atoms with van der Waals surface area (Å²) in [7, 11) is 0. The number of esters is 2. The molecule has 2 fully saturated rings. The Balaban J connectivity index is 2.15. The zero-order valence-electron chi connectivity index (χ0n) is 5.82. The van der Waals surface area contributed by atoms with Gasteiger partial charge in [0.2, 0.25) is 0 Å². The quantitative estimate of drug-likeness (QED) is 0.403. The Kier molecular flexibility index (Phi) is 1.26. The molecule has 0 aromatic rings. The van der Waals surface area contributed by atoms with E-state index in [1.54, 1.807) is 0 Å². The van der Waals surface area contributed by atoms with Gasteiger partial charge < -0.3 is 9.84 Å². The zero-order chi connectivity index (χ0) is 8.01. The van der Waals surface area contributed by atoms with Crippen molar-refractivity contribution in [3.63, 3.8) is 0 Å². The summed E-state index contributed by atoms with van der Waals surface area (Å²) in [6.07, 6.45) is 0.603. The molecular weight excluding hydrogens is 148 g/mol. The van der Waals surface area contributed by atoms with Crippen molar-refractivity contribution in [2.45, 2.75) is 6.42 Å².